The summed E-state index contributed by atoms with van der Waals surface area (Å²) in [6.45, 7) is 2.71. The Bertz CT molecular complexity index is 945. The summed E-state index contributed by atoms with van der Waals surface area (Å²) in [6, 6.07) is 16.1. The summed E-state index contributed by atoms with van der Waals surface area (Å²) < 4.78 is 5.51. The first kappa shape index (κ1) is 25.3. The summed E-state index contributed by atoms with van der Waals surface area (Å²) in [4.78, 5) is 35.3. The van der Waals surface area contributed by atoms with Crippen LogP contribution >= 0.6 is 0 Å². The lowest BCUT2D eigenvalue weighted by Crippen LogP contribution is -2.36. The number of benzene rings is 2. The van der Waals surface area contributed by atoms with Gasteiger partial charge in [0.1, 0.15) is 6.61 Å². The average Bonchev–Trinajstić information content (AvgIpc) is 3.14. The number of rotatable bonds is 13. The first-order chi connectivity index (χ1) is 16.5. The second kappa shape index (κ2) is 12.8. The van der Waals surface area contributed by atoms with Crippen LogP contribution in [0.5, 0.6) is 0 Å². The third-order valence-electron chi connectivity index (χ3n) is 6.14. The summed E-state index contributed by atoms with van der Waals surface area (Å²) in [5.74, 6) is -1.04. The molecule has 0 fully saturated rings. The number of alkyl carbamates (subject to hydrolysis) is 1. The molecule has 0 saturated heterocycles. The van der Waals surface area contributed by atoms with Gasteiger partial charge in [-0.2, -0.15) is 0 Å². The molecular formula is C27H34N2O5. The van der Waals surface area contributed by atoms with Crippen LogP contribution in [0.15, 0.2) is 48.5 Å². The van der Waals surface area contributed by atoms with Crippen molar-refractivity contribution < 1.29 is 24.2 Å². The molecule has 182 valence electrons. The summed E-state index contributed by atoms with van der Waals surface area (Å²) in [7, 11) is 0. The number of carbonyl (C=O) groups excluding carboxylic acids is 2. The van der Waals surface area contributed by atoms with E-state index in [4.69, 9.17) is 9.84 Å². The van der Waals surface area contributed by atoms with Gasteiger partial charge in [-0.05, 0) is 41.5 Å². The van der Waals surface area contributed by atoms with Crippen molar-refractivity contribution in [2.24, 2.45) is 0 Å². The smallest absolute Gasteiger partial charge is 0.407 e. The Labute approximate surface area is 200 Å². The van der Waals surface area contributed by atoms with Gasteiger partial charge >= 0.3 is 12.1 Å². The largest absolute Gasteiger partial charge is 0.481 e. The minimum atomic E-state index is -0.909. The highest BCUT2D eigenvalue weighted by atomic mass is 16.5. The quantitative estimate of drug-likeness (QED) is 0.366. The van der Waals surface area contributed by atoms with E-state index >= 15 is 0 Å². The van der Waals surface area contributed by atoms with Crippen LogP contribution in [0.3, 0.4) is 0 Å². The first-order valence-electron chi connectivity index (χ1n) is 12.1. The van der Waals surface area contributed by atoms with E-state index in [9.17, 15) is 14.4 Å². The molecule has 3 N–H and O–H groups in total. The Morgan fingerprint density at radius 1 is 0.971 bits per heavy atom. The molecule has 0 bridgehead atoms. The van der Waals surface area contributed by atoms with Gasteiger partial charge in [0.05, 0.1) is 6.42 Å². The normalized spacial score (nSPS) is 13.0. The van der Waals surface area contributed by atoms with Crippen molar-refractivity contribution in [3.63, 3.8) is 0 Å². The van der Waals surface area contributed by atoms with Crippen LogP contribution in [-0.4, -0.2) is 42.3 Å². The number of aliphatic carboxylic acids is 1. The van der Waals surface area contributed by atoms with Crippen molar-refractivity contribution >= 4 is 18.0 Å². The van der Waals surface area contributed by atoms with Gasteiger partial charge in [-0.3, -0.25) is 9.59 Å². The van der Waals surface area contributed by atoms with Crippen molar-refractivity contribution in [1.82, 2.24) is 10.6 Å². The molecular weight excluding hydrogens is 432 g/mol. The summed E-state index contributed by atoms with van der Waals surface area (Å²) >= 11 is 0. The lowest BCUT2D eigenvalue weighted by atomic mass is 9.98. The van der Waals surface area contributed by atoms with Gasteiger partial charge in [-0.15, -0.1) is 0 Å². The molecule has 2 amide bonds. The van der Waals surface area contributed by atoms with Gasteiger partial charge < -0.3 is 20.5 Å². The predicted octanol–water partition coefficient (Wildman–Crippen LogP) is 4.85. The van der Waals surface area contributed by atoms with Crippen molar-refractivity contribution in [2.75, 3.05) is 13.2 Å². The number of carbonyl (C=O) groups is 3. The maximum absolute atomic E-state index is 12.2. The summed E-state index contributed by atoms with van der Waals surface area (Å²) in [5, 5.41) is 14.6. The van der Waals surface area contributed by atoms with Crippen LogP contribution in [0.1, 0.15) is 68.9 Å². The molecule has 0 saturated carbocycles. The third kappa shape index (κ3) is 7.07. The zero-order chi connectivity index (χ0) is 24.3. The fraction of sp³-hybridized carbons (Fsp3) is 0.444. The lowest BCUT2D eigenvalue weighted by Gasteiger charge is -2.16. The molecule has 0 aromatic heterocycles. The number of hydrogen-bond donors (Lipinski definition) is 3. The number of nitrogens with one attached hydrogen (secondary N) is 2. The maximum atomic E-state index is 12.2. The average molecular weight is 467 g/mol. The third-order valence-corrected chi connectivity index (χ3v) is 6.14. The number of amides is 2. The summed E-state index contributed by atoms with van der Waals surface area (Å²) in [5.41, 5.74) is 4.71. The van der Waals surface area contributed by atoms with E-state index < -0.39 is 12.1 Å². The first-order valence-corrected chi connectivity index (χ1v) is 12.1. The van der Waals surface area contributed by atoms with Gasteiger partial charge in [0, 0.05) is 24.9 Å². The Morgan fingerprint density at radius 2 is 1.62 bits per heavy atom. The zero-order valence-electron chi connectivity index (χ0n) is 19.7. The molecule has 1 aliphatic rings. The second-order valence-electron chi connectivity index (χ2n) is 8.71. The Hall–Kier alpha value is -3.35. The topological polar surface area (TPSA) is 105 Å². The molecule has 0 unspecified atom stereocenters. The van der Waals surface area contributed by atoms with Crippen LogP contribution in [0.4, 0.5) is 4.79 Å². The Balaban J connectivity index is 1.35. The van der Waals surface area contributed by atoms with Crippen LogP contribution in [0, 0.1) is 0 Å². The van der Waals surface area contributed by atoms with Crippen molar-refractivity contribution in [3.8, 4) is 11.1 Å². The molecule has 0 aliphatic heterocycles. The number of carboxylic acids is 1. The lowest BCUT2D eigenvalue weighted by molar-refractivity contribution is -0.137. The SMILES string of the molecule is CCCC[C@@H](CC(=O)O)NC(=O)CCCCNC(=O)OCC1c2ccccc2-c2ccccc21. The van der Waals surface area contributed by atoms with Gasteiger partial charge in [0.15, 0.2) is 0 Å². The number of fused-ring (bicyclic) bond motifs is 3. The predicted molar refractivity (Wildman–Crippen MR) is 131 cm³/mol. The highest BCUT2D eigenvalue weighted by molar-refractivity contribution is 5.79. The van der Waals surface area contributed by atoms with E-state index in [1.165, 1.54) is 22.3 Å². The van der Waals surface area contributed by atoms with Crippen molar-refractivity contribution in [1.29, 1.82) is 0 Å². The molecule has 2 aromatic carbocycles. The minimum absolute atomic E-state index is 0.0216. The highest BCUT2D eigenvalue weighted by Crippen LogP contribution is 2.44. The van der Waals surface area contributed by atoms with Gasteiger partial charge in [-0.25, -0.2) is 4.79 Å². The highest BCUT2D eigenvalue weighted by Gasteiger charge is 2.28. The number of carboxylic acid groups (broad SMARTS) is 1. The van der Waals surface area contributed by atoms with Crippen LogP contribution in [0.25, 0.3) is 11.1 Å². The fourth-order valence-electron chi connectivity index (χ4n) is 4.44. The standard InChI is InChI=1S/C27H34N2O5/c1-2-3-10-19(17-26(31)32)29-25(30)15-8-9-16-28-27(33)34-18-24-22-13-6-4-11-20(22)21-12-5-7-14-23(21)24/h4-7,11-14,19,24H,2-3,8-10,15-18H2,1H3,(H,28,33)(H,29,30)(H,31,32)/t19-/m0/s1. The molecule has 2 aromatic rings. The minimum Gasteiger partial charge on any atom is -0.481 e. The molecule has 7 heteroatoms. The fourth-order valence-corrected chi connectivity index (χ4v) is 4.44. The molecule has 7 nitrogen and oxygen atoms in total. The summed E-state index contributed by atoms with van der Waals surface area (Å²) in [6.07, 6.45) is 3.50. The van der Waals surface area contributed by atoms with Gasteiger partial charge in [0.2, 0.25) is 5.91 Å². The number of hydrogen-bond acceptors (Lipinski definition) is 4. The van der Waals surface area contributed by atoms with Crippen LogP contribution in [-0.2, 0) is 14.3 Å². The molecule has 0 radical (unpaired) electrons. The molecule has 3 rings (SSSR count). The monoisotopic (exact) mass is 466 g/mol. The van der Waals surface area contributed by atoms with E-state index in [0.29, 0.717) is 32.2 Å². The van der Waals surface area contributed by atoms with Crippen molar-refractivity contribution in [3.05, 3.63) is 59.7 Å². The molecule has 1 atom stereocenters. The molecule has 0 heterocycles. The maximum Gasteiger partial charge on any atom is 0.407 e. The number of unbranched alkanes of at least 4 members (excludes halogenated alkanes) is 2. The van der Waals surface area contributed by atoms with Crippen LogP contribution in [0.2, 0.25) is 0 Å². The molecule has 0 spiro atoms. The Kier molecular flexibility index (Phi) is 9.50. The number of ether oxygens (including phenoxy) is 1. The van der Waals surface area contributed by atoms with E-state index in [2.05, 4.69) is 34.9 Å². The van der Waals surface area contributed by atoms with Gasteiger partial charge in [-0.1, -0.05) is 68.3 Å². The van der Waals surface area contributed by atoms with E-state index in [0.717, 1.165) is 12.8 Å². The van der Waals surface area contributed by atoms with E-state index in [-0.39, 0.29) is 30.9 Å². The van der Waals surface area contributed by atoms with Gasteiger partial charge in [0.25, 0.3) is 0 Å². The van der Waals surface area contributed by atoms with Crippen LogP contribution < -0.4 is 10.6 Å². The van der Waals surface area contributed by atoms with E-state index in [1.807, 2.05) is 31.2 Å². The zero-order valence-corrected chi connectivity index (χ0v) is 19.7. The molecule has 1 aliphatic carbocycles. The van der Waals surface area contributed by atoms with E-state index in [1.54, 1.807) is 0 Å². The second-order valence-corrected chi connectivity index (χ2v) is 8.71. The van der Waals surface area contributed by atoms with Crippen molar-refractivity contribution in [2.45, 2.75) is 63.8 Å². The molecule has 34 heavy (non-hydrogen) atoms. The Morgan fingerprint density at radius 3 is 2.24 bits per heavy atom.